The smallest absolute Gasteiger partial charge is 0.407 e. The summed E-state index contributed by atoms with van der Waals surface area (Å²) in [5.74, 6) is -0.731. The molecule has 17 heteroatoms. The number of nitrogens with two attached hydrogens (primary N) is 1. The molecular weight excluding hydrogens is 1200 g/mol. The molecule has 0 aromatic heterocycles. The number of allylic oxidation sites excluding steroid dienone is 2. The Morgan fingerprint density at radius 2 is 0.800 bits per heavy atom. The Bertz CT molecular complexity index is 4360. The summed E-state index contributed by atoms with van der Waals surface area (Å²) in [5, 5.41) is 5.26. The second kappa shape index (κ2) is 27.6. The zero-order valence-corrected chi connectivity index (χ0v) is 53.0. The number of benzene rings is 8. The third kappa shape index (κ3) is 14.0. The lowest BCUT2D eigenvalue weighted by Gasteiger charge is -2.36. The molecule has 0 bridgehead atoms. The number of carbonyl (C=O) groups is 7. The minimum atomic E-state index is -0.573. The number of ether oxygens (including phenoxy) is 6. The monoisotopic (exact) mass is 1270 g/mol. The van der Waals surface area contributed by atoms with E-state index in [0.29, 0.717) is 69.3 Å². The predicted molar refractivity (Wildman–Crippen MR) is 360 cm³/mol. The fraction of sp³-hybridized carbons (Fsp3) is 0.231. The Kier molecular flexibility index (Phi) is 18.5. The van der Waals surface area contributed by atoms with E-state index in [-0.39, 0.29) is 68.3 Å². The first-order valence-electron chi connectivity index (χ1n) is 31.7. The highest BCUT2D eigenvalue weighted by Crippen LogP contribution is 2.47. The van der Waals surface area contributed by atoms with E-state index in [4.69, 9.17) is 39.1 Å². The van der Waals surface area contributed by atoms with Crippen LogP contribution >= 0.6 is 0 Å². The van der Waals surface area contributed by atoms with Crippen LogP contribution in [0.15, 0.2) is 210 Å². The second-order valence-electron chi connectivity index (χ2n) is 24.8. The van der Waals surface area contributed by atoms with E-state index in [1.165, 1.54) is 11.1 Å². The Labute approximate surface area is 550 Å². The van der Waals surface area contributed by atoms with Gasteiger partial charge in [0.2, 0.25) is 17.3 Å². The highest BCUT2D eigenvalue weighted by atomic mass is 16.6. The lowest BCUT2D eigenvalue weighted by Crippen LogP contribution is -2.34. The standard InChI is InChI=1S/C39H34N2O6.C24H22N2O4.C15H14O3/c1-39(2)20-19-32-35(42)34(30-13-7-8-14-31(30)36(32)47-39)41-25-17-15-24(16-18-25)37(43)45-22-21-40-38(44)46-23-33-28-11-5-3-9-26(28)27-10-4-6-12-29(27)33;25-17-11-9-16(10-12-17)23(27)29-14-13-26-24(28)30-15-22-20-7-3-1-5-18(20)19-6-2-4-8-21(19)22;1-15(2)8-7-11-13(17)12(16)9-5-3-4-6-10(9)14(11)18-15/h3-18,33H,19-23H2,1-2H3,(H,40,44);1-12,22H,13-15,25H2,(H,26,28);3-6H,7-8H2,1-2H3. The Balaban J connectivity index is 0.000000153. The molecule has 2 aliphatic heterocycles. The van der Waals surface area contributed by atoms with Gasteiger partial charge in [0.15, 0.2) is 0 Å². The van der Waals surface area contributed by atoms with Crippen molar-refractivity contribution in [1.82, 2.24) is 10.6 Å². The number of Topliss-reactive ketones (excluding diaryl/α,β-unsaturated/α-hetero) is 3. The summed E-state index contributed by atoms with van der Waals surface area (Å²) in [7, 11) is 0. The van der Waals surface area contributed by atoms with Gasteiger partial charge in [-0.05, 0) is 146 Å². The van der Waals surface area contributed by atoms with Gasteiger partial charge in [-0.25, -0.2) is 24.2 Å². The van der Waals surface area contributed by atoms with Crippen LogP contribution in [0.1, 0.15) is 135 Å². The Hall–Kier alpha value is -11.2. The molecule has 0 atom stereocenters. The van der Waals surface area contributed by atoms with Gasteiger partial charge in [-0.15, -0.1) is 0 Å². The van der Waals surface area contributed by atoms with Crippen molar-refractivity contribution in [3.8, 4) is 22.3 Å². The van der Waals surface area contributed by atoms with Crippen molar-refractivity contribution in [3.05, 3.63) is 261 Å². The number of hydrogen-bond donors (Lipinski definition) is 3. The average Bonchev–Trinajstić information content (AvgIpc) is 1.72. The van der Waals surface area contributed by atoms with Crippen molar-refractivity contribution in [2.24, 2.45) is 4.99 Å². The number of nitrogens with zero attached hydrogens (tertiary/aromatic N) is 1. The number of anilines is 1. The number of nitrogens with one attached hydrogen (secondary N) is 2. The molecule has 0 spiro atoms. The zero-order valence-electron chi connectivity index (χ0n) is 53.0. The fourth-order valence-electron chi connectivity index (χ4n) is 12.6. The van der Waals surface area contributed by atoms with Gasteiger partial charge in [0.1, 0.15) is 54.9 Å². The van der Waals surface area contributed by atoms with Crippen molar-refractivity contribution >= 4 is 70.1 Å². The minimum absolute atomic E-state index is 0.00601. The van der Waals surface area contributed by atoms with E-state index in [0.717, 1.165) is 62.9 Å². The van der Waals surface area contributed by atoms with Gasteiger partial charge in [0.05, 0.1) is 29.9 Å². The number of ketones is 3. The number of nitrogen functional groups attached to an aromatic ring is 1. The zero-order chi connectivity index (χ0) is 66.4. The van der Waals surface area contributed by atoms with Crippen molar-refractivity contribution in [2.75, 3.05) is 45.3 Å². The molecule has 6 aliphatic rings. The summed E-state index contributed by atoms with van der Waals surface area (Å²) < 4.78 is 33.7. The largest absolute Gasteiger partial charge is 0.487 e. The lowest BCUT2D eigenvalue weighted by atomic mass is 9.82. The van der Waals surface area contributed by atoms with Crippen molar-refractivity contribution in [3.63, 3.8) is 0 Å². The number of amides is 2. The molecule has 480 valence electrons. The minimum Gasteiger partial charge on any atom is -0.487 e. The maximum atomic E-state index is 13.5. The molecule has 95 heavy (non-hydrogen) atoms. The summed E-state index contributed by atoms with van der Waals surface area (Å²) in [6, 6.07) is 60.4. The first-order chi connectivity index (χ1) is 45.9. The first-order valence-corrected chi connectivity index (χ1v) is 31.7. The molecule has 0 fully saturated rings. The van der Waals surface area contributed by atoms with Gasteiger partial charge < -0.3 is 44.8 Å². The van der Waals surface area contributed by atoms with Crippen LogP contribution < -0.4 is 16.4 Å². The molecule has 0 unspecified atom stereocenters. The van der Waals surface area contributed by atoms with E-state index in [1.54, 1.807) is 60.7 Å². The maximum absolute atomic E-state index is 13.5. The third-order valence-electron chi connectivity index (χ3n) is 17.5. The molecule has 4 N–H and O–H groups in total. The molecule has 0 radical (unpaired) electrons. The Morgan fingerprint density at radius 1 is 0.442 bits per heavy atom. The first kappa shape index (κ1) is 63.9. The second-order valence-corrected chi connectivity index (χ2v) is 24.8. The summed E-state index contributed by atoms with van der Waals surface area (Å²) in [6.45, 7) is 8.81. The highest BCUT2D eigenvalue weighted by Gasteiger charge is 2.41. The van der Waals surface area contributed by atoms with Crippen LogP contribution in [0, 0.1) is 0 Å². The molecule has 8 aromatic carbocycles. The maximum Gasteiger partial charge on any atom is 0.407 e. The Morgan fingerprint density at radius 3 is 1.23 bits per heavy atom. The summed E-state index contributed by atoms with van der Waals surface area (Å²) in [5.41, 5.74) is 20.4. The van der Waals surface area contributed by atoms with E-state index in [2.05, 4.69) is 59.2 Å². The molecule has 2 heterocycles. The summed E-state index contributed by atoms with van der Waals surface area (Å²) >= 11 is 0. The molecule has 8 aromatic rings. The van der Waals surface area contributed by atoms with Crippen LogP contribution in [-0.4, -0.2) is 97.9 Å². The van der Waals surface area contributed by atoms with Gasteiger partial charge in [-0.3, -0.25) is 14.4 Å². The number of alkyl carbamates (subject to hydrolysis) is 2. The lowest BCUT2D eigenvalue weighted by molar-refractivity contribution is -0.112. The van der Waals surface area contributed by atoms with Crippen LogP contribution in [0.4, 0.5) is 21.0 Å². The number of rotatable bonds is 13. The summed E-state index contributed by atoms with van der Waals surface area (Å²) in [6.07, 6.45) is 1.62. The van der Waals surface area contributed by atoms with E-state index < -0.39 is 35.7 Å². The quantitative estimate of drug-likeness (QED) is 0.0320. The number of hydrogen-bond acceptors (Lipinski definition) is 15. The van der Waals surface area contributed by atoms with Crippen LogP contribution in [-0.2, 0) is 38.0 Å². The van der Waals surface area contributed by atoms with E-state index in [9.17, 15) is 33.6 Å². The van der Waals surface area contributed by atoms with Gasteiger partial charge in [0.25, 0.3) is 0 Å². The molecule has 14 rings (SSSR count). The van der Waals surface area contributed by atoms with Crippen LogP contribution in [0.5, 0.6) is 0 Å². The van der Waals surface area contributed by atoms with Gasteiger partial charge in [-0.1, -0.05) is 146 Å². The normalized spacial score (nSPS) is 16.1. The topological polar surface area (TPSA) is 237 Å². The average molecular weight is 1270 g/mol. The number of aliphatic imine (C=N–C) groups is 1. The van der Waals surface area contributed by atoms with Crippen LogP contribution in [0.25, 0.3) is 33.8 Å². The van der Waals surface area contributed by atoms with Crippen LogP contribution in [0.2, 0.25) is 0 Å². The van der Waals surface area contributed by atoms with Crippen molar-refractivity contribution < 1.29 is 62.0 Å². The van der Waals surface area contributed by atoms with Gasteiger partial charge >= 0.3 is 24.1 Å². The van der Waals surface area contributed by atoms with E-state index >= 15 is 0 Å². The molecule has 17 nitrogen and oxygen atoms in total. The third-order valence-corrected chi connectivity index (χ3v) is 17.5. The van der Waals surface area contributed by atoms with E-state index in [1.807, 2.05) is 113 Å². The molecule has 0 saturated carbocycles. The van der Waals surface area contributed by atoms with Gasteiger partial charge in [-0.2, -0.15) is 0 Å². The number of esters is 2. The predicted octanol–water partition coefficient (Wildman–Crippen LogP) is 14.1. The fourth-order valence-corrected chi connectivity index (χ4v) is 12.6. The molecule has 0 saturated heterocycles. The SMILES string of the molecule is CC1(C)CCC2=C(O1)c1ccccc1C(=Nc1ccc(C(=O)OCCNC(=O)OCC3c4ccccc4-c4ccccc43)cc1)C2=O.CC1(C)CCC2=C(O1)c1ccccc1C(=O)C2=O.Nc1ccc(C(=O)OCCNC(=O)OCC2c3ccccc3-c3ccccc32)cc1. The molecular formula is C78H70N4O13. The molecule has 2 amide bonds. The number of carbonyl (C=O) groups excluding carboxylic acids is 7. The van der Waals surface area contributed by atoms with Crippen LogP contribution in [0.3, 0.4) is 0 Å². The highest BCUT2D eigenvalue weighted by molar-refractivity contribution is 6.54. The van der Waals surface area contributed by atoms with Gasteiger partial charge in [0, 0.05) is 50.9 Å². The van der Waals surface area contributed by atoms with Crippen molar-refractivity contribution in [1.29, 1.82) is 0 Å². The number of fused-ring (bicyclic) bond motifs is 10. The van der Waals surface area contributed by atoms with Crippen molar-refractivity contribution in [2.45, 2.75) is 76.4 Å². The summed E-state index contributed by atoms with van der Waals surface area (Å²) in [4.78, 5) is 91.4. The molecule has 4 aliphatic carbocycles.